The second kappa shape index (κ2) is 4.83. The minimum atomic E-state index is -1.07. The van der Waals surface area contributed by atoms with Gasteiger partial charge in [-0.05, 0) is 19.1 Å². The molecule has 5 heteroatoms. The lowest BCUT2D eigenvalue weighted by Gasteiger charge is -2.04. The molecule has 0 radical (unpaired) electrons. The average Bonchev–Trinajstić information content (AvgIpc) is 2.37. The summed E-state index contributed by atoms with van der Waals surface area (Å²) in [6, 6.07) is 8.00. The number of hydrogen-bond donors (Lipinski definition) is 1. The quantitative estimate of drug-likeness (QED) is 0.838. The highest BCUT2D eigenvalue weighted by atomic mass is 16.5. The SMILES string of the molecule is CCOC(=O)c1ccc2cccc(C(=O)O)c2n1. The first-order chi connectivity index (χ1) is 8.63. The van der Waals surface area contributed by atoms with Gasteiger partial charge in [0.05, 0.1) is 17.7 Å². The fourth-order valence-electron chi connectivity index (χ4n) is 1.64. The van der Waals surface area contributed by atoms with Gasteiger partial charge in [-0.1, -0.05) is 18.2 Å². The molecule has 2 rings (SSSR count). The summed E-state index contributed by atoms with van der Waals surface area (Å²) in [5, 5.41) is 9.73. The maximum Gasteiger partial charge on any atom is 0.356 e. The van der Waals surface area contributed by atoms with Gasteiger partial charge in [-0.2, -0.15) is 0 Å². The number of carbonyl (C=O) groups is 2. The van der Waals surface area contributed by atoms with Crippen LogP contribution >= 0.6 is 0 Å². The molecule has 1 aromatic carbocycles. The molecule has 1 heterocycles. The third-order valence-corrected chi connectivity index (χ3v) is 2.44. The van der Waals surface area contributed by atoms with Crippen LogP contribution in [0.4, 0.5) is 0 Å². The number of aromatic carboxylic acids is 1. The second-order valence-electron chi connectivity index (χ2n) is 3.60. The normalized spacial score (nSPS) is 10.3. The van der Waals surface area contributed by atoms with E-state index in [1.165, 1.54) is 12.1 Å². The van der Waals surface area contributed by atoms with Gasteiger partial charge >= 0.3 is 11.9 Å². The Hall–Kier alpha value is -2.43. The molecule has 0 fully saturated rings. The molecule has 0 unspecified atom stereocenters. The molecular weight excluding hydrogens is 234 g/mol. The molecule has 92 valence electrons. The maximum absolute atomic E-state index is 11.5. The standard InChI is InChI=1S/C13H11NO4/c1-2-18-13(17)10-7-6-8-4-3-5-9(12(15)16)11(8)14-10/h3-7H,2H2,1H3,(H,15,16). The van der Waals surface area contributed by atoms with Gasteiger partial charge in [0.2, 0.25) is 0 Å². The van der Waals surface area contributed by atoms with Crippen molar-refractivity contribution in [3.8, 4) is 0 Å². The highest BCUT2D eigenvalue weighted by molar-refractivity contribution is 6.03. The predicted molar refractivity (Wildman–Crippen MR) is 64.7 cm³/mol. The lowest BCUT2D eigenvalue weighted by atomic mass is 10.1. The monoisotopic (exact) mass is 245 g/mol. The zero-order valence-corrected chi connectivity index (χ0v) is 9.71. The summed E-state index contributed by atoms with van der Waals surface area (Å²) in [6.45, 7) is 1.95. The Kier molecular flexibility index (Phi) is 3.23. The van der Waals surface area contributed by atoms with E-state index in [1.54, 1.807) is 25.1 Å². The summed E-state index contributed by atoms with van der Waals surface area (Å²) in [5.41, 5.74) is 0.465. The third kappa shape index (κ3) is 2.15. The molecule has 0 saturated carbocycles. The van der Waals surface area contributed by atoms with Gasteiger partial charge in [0.25, 0.3) is 0 Å². The molecule has 0 aliphatic heterocycles. The number of esters is 1. The van der Waals surface area contributed by atoms with E-state index in [4.69, 9.17) is 9.84 Å². The molecule has 1 aromatic heterocycles. The van der Waals surface area contributed by atoms with Gasteiger partial charge in [0, 0.05) is 5.39 Å². The molecule has 0 saturated heterocycles. The van der Waals surface area contributed by atoms with Crippen LogP contribution in [0.5, 0.6) is 0 Å². The van der Waals surface area contributed by atoms with Crippen LogP contribution in [-0.2, 0) is 4.74 Å². The van der Waals surface area contributed by atoms with E-state index in [2.05, 4.69) is 4.98 Å². The molecule has 0 aliphatic carbocycles. The predicted octanol–water partition coefficient (Wildman–Crippen LogP) is 2.11. The van der Waals surface area contributed by atoms with Crippen molar-refractivity contribution in [1.29, 1.82) is 0 Å². The number of fused-ring (bicyclic) bond motifs is 1. The van der Waals surface area contributed by atoms with Crippen LogP contribution in [0.3, 0.4) is 0 Å². The van der Waals surface area contributed by atoms with Crippen LogP contribution < -0.4 is 0 Å². The number of carbonyl (C=O) groups excluding carboxylic acids is 1. The molecular formula is C13H11NO4. The average molecular weight is 245 g/mol. The molecule has 1 N–H and O–H groups in total. The fourth-order valence-corrected chi connectivity index (χ4v) is 1.64. The Morgan fingerprint density at radius 3 is 2.72 bits per heavy atom. The lowest BCUT2D eigenvalue weighted by Crippen LogP contribution is -2.08. The smallest absolute Gasteiger partial charge is 0.356 e. The van der Waals surface area contributed by atoms with Crippen molar-refractivity contribution in [1.82, 2.24) is 4.98 Å². The zero-order chi connectivity index (χ0) is 13.1. The largest absolute Gasteiger partial charge is 0.478 e. The molecule has 5 nitrogen and oxygen atoms in total. The Balaban J connectivity index is 2.58. The number of pyridine rings is 1. The molecule has 2 aromatic rings. The minimum Gasteiger partial charge on any atom is -0.478 e. The Morgan fingerprint density at radius 2 is 2.06 bits per heavy atom. The van der Waals surface area contributed by atoms with Gasteiger partial charge in [0.15, 0.2) is 0 Å². The number of hydrogen-bond acceptors (Lipinski definition) is 4. The van der Waals surface area contributed by atoms with Crippen molar-refractivity contribution < 1.29 is 19.4 Å². The third-order valence-electron chi connectivity index (χ3n) is 2.44. The van der Waals surface area contributed by atoms with Crippen molar-refractivity contribution in [3.05, 3.63) is 41.6 Å². The summed E-state index contributed by atoms with van der Waals surface area (Å²) in [7, 11) is 0. The maximum atomic E-state index is 11.5. The minimum absolute atomic E-state index is 0.0682. The van der Waals surface area contributed by atoms with Crippen LogP contribution in [0.2, 0.25) is 0 Å². The summed E-state index contributed by atoms with van der Waals surface area (Å²) >= 11 is 0. The number of aromatic nitrogens is 1. The Bertz CT molecular complexity index is 621. The van der Waals surface area contributed by atoms with Gasteiger partial charge < -0.3 is 9.84 Å². The van der Waals surface area contributed by atoms with E-state index in [-0.39, 0.29) is 23.4 Å². The molecule has 0 amide bonds. The van der Waals surface area contributed by atoms with Crippen LogP contribution in [-0.4, -0.2) is 28.6 Å². The summed E-state index contributed by atoms with van der Waals surface area (Å²) in [4.78, 5) is 26.7. The summed E-state index contributed by atoms with van der Waals surface area (Å²) in [6.07, 6.45) is 0. The Labute approximate surface area is 103 Å². The number of benzene rings is 1. The zero-order valence-electron chi connectivity index (χ0n) is 9.71. The Morgan fingerprint density at radius 1 is 1.28 bits per heavy atom. The van der Waals surface area contributed by atoms with Crippen molar-refractivity contribution in [2.45, 2.75) is 6.92 Å². The summed E-state index contributed by atoms with van der Waals surface area (Å²) in [5.74, 6) is -1.63. The molecule has 0 aliphatic rings. The van der Waals surface area contributed by atoms with Crippen molar-refractivity contribution in [3.63, 3.8) is 0 Å². The van der Waals surface area contributed by atoms with Gasteiger partial charge in [0.1, 0.15) is 5.69 Å². The number of ether oxygens (including phenoxy) is 1. The number of carboxylic acids is 1. The number of rotatable bonds is 3. The highest BCUT2D eigenvalue weighted by Gasteiger charge is 2.13. The van der Waals surface area contributed by atoms with E-state index < -0.39 is 11.9 Å². The van der Waals surface area contributed by atoms with Gasteiger partial charge in [-0.3, -0.25) is 0 Å². The second-order valence-corrected chi connectivity index (χ2v) is 3.60. The van der Waals surface area contributed by atoms with Crippen LogP contribution in [0, 0.1) is 0 Å². The van der Waals surface area contributed by atoms with E-state index >= 15 is 0 Å². The number of carboxylic acid groups (broad SMARTS) is 1. The fraction of sp³-hybridized carbons (Fsp3) is 0.154. The molecule has 0 atom stereocenters. The molecule has 18 heavy (non-hydrogen) atoms. The number of nitrogens with zero attached hydrogens (tertiary/aromatic N) is 1. The van der Waals surface area contributed by atoms with Crippen LogP contribution in [0.1, 0.15) is 27.8 Å². The van der Waals surface area contributed by atoms with Gasteiger partial charge in [-0.15, -0.1) is 0 Å². The van der Waals surface area contributed by atoms with Gasteiger partial charge in [-0.25, -0.2) is 14.6 Å². The van der Waals surface area contributed by atoms with E-state index in [1.807, 2.05) is 0 Å². The van der Waals surface area contributed by atoms with Crippen molar-refractivity contribution >= 4 is 22.8 Å². The lowest BCUT2D eigenvalue weighted by molar-refractivity contribution is 0.0519. The molecule has 0 spiro atoms. The first-order valence-corrected chi connectivity index (χ1v) is 5.43. The highest BCUT2D eigenvalue weighted by Crippen LogP contribution is 2.17. The first-order valence-electron chi connectivity index (χ1n) is 5.43. The number of para-hydroxylation sites is 1. The van der Waals surface area contributed by atoms with E-state index in [0.717, 1.165) is 0 Å². The van der Waals surface area contributed by atoms with Crippen molar-refractivity contribution in [2.75, 3.05) is 6.61 Å². The van der Waals surface area contributed by atoms with Crippen LogP contribution in [0.15, 0.2) is 30.3 Å². The van der Waals surface area contributed by atoms with E-state index in [9.17, 15) is 9.59 Å². The first kappa shape index (κ1) is 12.0. The van der Waals surface area contributed by atoms with Crippen LogP contribution in [0.25, 0.3) is 10.9 Å². The van der Waals surface area contributed by atoms with Crippen molar-refractivity contribution in [2.24, 2.45) is 0 Å². The van der Waals surface area contributed by atoms with E-state index in [0.29, 0.717) is 5.39 Å². The summed E-state index contributed by atoms with van der Waals surface area (Å²) < 4.78 is 4.83. The topological polar surface area (TPSA) is 76.5 Å². The molecule has 0 bridgehead atoms.